The lowest BCUT2D eigenvalue weighted by atomic mass is 10.0. The van der Waals surface area contributed by atoms with E-state index in [4.69, 9.17) is 4.74 Å². The van der Waals surface area contributed by atoms with Crippen molar-refractivity contribution in [3.8, 4) is 11.5 Å². The molecule has 1 saturated heterocycles. The van der Waals surface area contributed by atoms with E-state index in [1.807, 2.05) is 4.90 Å². The number of nitro groups is 1. The molecule has 1 aromatic rings. The highest BCUT2D eigenvalue weighted by atomic mass is 16.6. The Morgan fingerprint density at radius 1 is 1.33 bits per heavy atom. The Bertz CT molecular complexity index is 554. The summed E-state index contributed by atoms with van der Waals surface area (Å²) < 4.78 is 5.19. The van der Waals surface area contributed by atoms with Gasteiger partial charge in [-0.15, -0.1) is 0 Å². The van der Waals surface area contributed by atoms with Gasteiger partial charge in [-0.3, -0.25) is 19.8 Å². The molecule has 0 bridgehead atoms. The van der Waals surface area contributed by atoms with Crippen molar-refractivity contribution in [1.29, 1.82) is 0 Å². The first-order valence-corrected chi connectivity index (χ1v) is 6.53. The van der Waals surface area contributed by atoms with Crippen LogP contribution in [0.2, 0.25) is 0 Å². The van der Waals surface area contributed by atoms with Crippen LogP contribution in [0.5, 0.6) is 11.5 Å². The van der Waals surface area contributed by atoms with Crippen LogP contribution in [0.1, 0.15) is 16.8 Å². The molecule has 8 nitrogen and oxygen atoms in total. The molecular formula is C13H16N2O6. The number of ketones is 1. The van der Waals surface area contributed by atoms with Gasteiger partial charge in [0, 0.05) is 26.1 Å². The zero-order chi connectivity index (χ0) is 15.4. The lowest BCUT2D eigenvalue weighted by Crippen LogP contribution is -2.37. The second-order valence-corrected chi connectivity index (χ2v) is 4.71. The minimum Gasteiger partial charge on any atom is -0.504 e. The number of carbonyl (C=O) groups is 1. The van der Waals surface area contributed by atoms with E-state index in [0.29, 0.717) is 19.8 Å². The van der Waals surface area contributed by atoms with Gasteiger partial charge < -0.3 is 14.9 Å². The molecule has 1 aliphatic rings. The van der Waals surface area contributed by atoms with Crippen molar-refractivity contribution in [3.63, 3.8) is 0 Å². The molecule has 0 saturated carbocycles. The molecule has 0 amide bonds. The van der Waals surface area contributed by atoms with Crippen molar-refractivity contribution in [3.05, 3.63) is 27.8 Å². The molecule has 0 unspecified atom stereocenters. The second kappa shape index (κ2) is 6.51. The maximum Gasteiger partial charge on any atom is 0.325 e. The minimum absolute atomic E-state index is 0.102. The number of Topliss-reactive ketones (excluding diaryl/α,β-unsaturated/α-hetero) is 1. The Labute approximate surface area is 120 Å². The van der Waals surface area contributed by atoms with E-state index in [0.717, 1.165) is 25.2 Å². The van der Waals surface area contributed by atoms with Crippen LogP contribution in [0.15, 0.2) is 12.1 Å². The number of phenolic OH excluding ortho intramolecular Hbond substituents is 2. The molecule has 21 heavy (non-hydrogen) atoms. The fourth-order valence-corrected chi connectivity index (χ4v) is 2.20. The maximum atomic E-state index is 12.1. The molecule has 0 aliphatic carbocycles. The van der Waals surface area contributed by atoms with Crippen molar-refractivity contribution in [2.75, 3.05) is 32.8 Å². The summed E-state index contributed by atoms with van der Waals surface area (Å²) in [6, 6.07) is 2.24. The largest absolute Gasteiger partial charge is 0.504 e. The summed E-state index contributed by atoms with van der Waals surface area (Å²) in [5, 5.41) is 29.8. The number of phenols is 2. The number of nitro benzene ring substituents is 1. The maximum absolute atomic E-state index is 12.1. The second-order valence-electron chi connectivity index (χ2n) is 4.71. The number of ether oxygens (including phenoxy) is 1. The minimum atomic E-state index is -0.878. The number of hydrogen-bond acceptors (Lipinski definition) is 7. The highest BCUT2D eigenvalue weighted by molar-refractivity contribution is 6.01. The van der Waals surface area contributed by atoms with Crippen LogP contribution in [0.3, 0.4) is 0 Å². The topological polar surface area (TPSA) is 113 Å². The SMILES string of the molecule is O=C(CCN1CCOCC1)c1ccc(O)c(O)c1[N+](=O)[O-]. The van der Waals surface area contributed by atoms with Crippen LogP contribution in [0, 0.1) is 10.1 Å². The van der Waals surface area contributed by atoms with Gasteiger partial charge in [-0.25, -0.2) is 0 Å². The van der Waals surface area contributed by atoms with E-state index < -0.39 is 27.9 Å². The number of morpholine rings is 1. The zero-order valence-corrected chi connectivity index (χ0v) is 11.3. The standard InChI is InChI=1S/C13H16N2O6/c16-10(3-4-14-5-7-21-8-6-14)9-1-2-11(17)13(18)12(9)15(19)20/h1-2,17-18H,3-8H2. The lowest BCUT2D eigenvalue weighted by Gasteiger charge is -2.26. The highest BCUT2D eigenvalue weighted by Crippen LogP contribution is 2.38. The fraction of sp³-hybridized carbons (Fsp3) is 0.462. The van der Waals surface area contributed by atoms with E-state index in [9.17, 15) is 25.1 Å². The third kappa shape index (κ3) is 3.47. The van der Waals surface area contributed by atoms with E-state index in [-0.39, 0.29) is 12.0 Å². The summed E-state index contributed by atoms with van der Waals surface area (Å²) in [7, 11) is 0. The van der Waals surface area contributed by atoms with Crippen molar-refractivity contribution < 1.29 is 24.7 Å². The van der Waals surface area contributed by atoms with Gasteiger partial charge in [0.15, 0.2) is 11.5 Å². The van der Waals surface area contributed by atoms with Crippen LogP contribution in [-0.4, -0.2) is 58.7 Å². The van der Waals surface area contributed by atoms with Gasteiger partial charge in [0.05, 0.1) is 23.7 Å². The predicted molar refractivity (Wildman–Crippen MR) is 72.6 cm³/mol. The number of rotatable bonds is 5. The Morgan fingerprint density at radius 3 is 2.62 bits per heavy atom. The molecule has 8 heteroatoms. The van der Waals surface area contributed by atoms with Gasteiger partial charge in [0.2, 0.25) is 5.75 Å². The van der Waals surface area contributed by atoms with Crippen LogP contribution in [0.25, 0.3) is 0 Å². The third-order valence-corrected chi connectivity index (χ3v) is 3.37. The molecule has 0 aromatic heterocycles. The molecule has 1 heterocycles. The summed E-state index contributed by atoms with van der Waals surface area (Å²) in [6.07, 6.45) is 0.102. The van der Waals surface area contributed by atoms with Crippen LogP contribution < -0.4 is 0 Å². The highest BCUT2D eigenvalue weighted by Gasteiger charge is 2.27. The van der Waals surface area contributed by atoms with E-state index >= 15 is 0 Å². The Morgan fingerprint density at radius 2 is 2.00 bits per heavy atom. The van der Waals surface area contributed by atoms with Gasteiger partial charge in [-0.05, 0) is 12.1 Å². The van der Waals surface area contributed by atoms with Crippen molar-refractivity contribution in [2.24, 2.45) is 0 Å². The quantitative estimate of drug-likeness (QED) is 0.359. The van der Waals surface area contributed by atoms with Gasteiger partial charge in [0.25, 0.3) is 0 Å². The number of aromatic hydroxyl groups is 2. The summed E-state index contributed by atoms with van der Waals surface area (Å²) in [4.78, 5) is 24.3. The lowest BCUT2D eigenvalue weighted by molar-refractivity contribution is -0.386. The first kappa shape index (κ1) is 15.2. The Balaban J connectivity index is 2.11. The number of hydrogen-bond donors (Lipinski definition) is 2. The molecule has 1 aliphatic heterocycles. The summed E-state index contributed by atoms with van der Waals surface area (Å²) in [5.41, 5.74) is -0.939. The Kier molecular flexibility index (Phi) is 4.71. The molecular weight excluding hydrogens is 280 g/mol. The van der Waals surface area contributed by atoms with Crippen LogP contribution in [-0.2, 0) is 4.74 Å². The molecule has 0 radical (unpaired) electrons. The molecule has 2 N–H and O–H groups in total. The van der Waals surface area contributed by atoms with Crippen molar-refractivity contribution in [2.45, 2.75) is 6.42 Å². The third-order valence-electron chi connectivity index (χ3n) is 3.37. The average Bonchev–Trinajstić information content (AvgIpc) is 2.48. The fourth-order valence-electron chi connectivity index (χ4n) is 2.20. The van der Waals surface area contributed by atoms with Gasteiger partial charge >= 0.3 is 5.69 Å². The normalized spacial score (nSPS) is 15.8. The van der Waals surface area contributed by atoms with E-state index in [1.165, 1.54) is 0 Å². The molecule has 0 spiro atoms. The molecule has 1 aromatic carbocycles. The summed E-state index contributed by atoms with van der Waals surface area (Å²) >= 11 is 0. The van der Waals surface area contributed by atoms with Gasteiger partial charge in [0.1, 0.15) is 0 Å². The van der Waals surface area contributed by atoms with E-state index in [2.05, 4.69) is 0 Å². The number of benzene rings is 1. The van der Waals surface area contributed by atoms with Gasteiger partial charge in [-0.2, -0.15) is 0 Å². The molecule has 2 rings (SSSR count). The molecule has 1 fully saturated rings. The van der Waals surface area contributed by atoms with Crippen LogP contribution >= 0.6 is 0 Å². The predicted octanol–water partition coefficient (Wildman–Crippen LogP) is 0.911. The van der Waals surface area contributed by atoms with Crippen LogP contribution in [0.4, 0.5) is 5.69 Å². The van der Waals surface area contributed by atoms with E-state index in [1.54, 1.807) is 0 Å². The summed E-state index contributed by atoms with van der Waals surface area (Å²) in [6.45, 7) is 3.12. The van der Waals surface area contributed by atoms with Crippen molar-refractivity contribution >= 4 is 11.5 Å². The van der Waals surface area contributed by atoms with Crippen molar-refractivity contribution in [1.82, 2.24) is 4.90 Å². The molecule has 114 valence electrons. The smallest absolute Gasteiger partial charge is 0.325 e. The first-order chi connectivity index (χ1) is 10.0. The Hall–Kier alpha value is -2.19. The summed E-state index contributed by atoms with van der Waals surface area (Å²) in [5.74, 6) is -1.94. The zero-order valence-electron chi connectivity index (χ0n) is 11.3. The number of carbonyl (C=O) groups excluding carboxylic acids is 1. The average molecular weight is 296 g/mol. The first-order valence-electron chi connectivity index (χ1n) is 6.53. The number of nitrogens with zero attached hydrogens (tertiary/aromatic N) is 2. The monoisotopic (exact) mass is 296 g/mol. The van der Waals surface area contributed by atoms with Gasteiger partial charge in [-0.1, -0.05) is 0 Å². The molecule has 0 atom stereocenters.